The molecule has 2 fully saturated rings. The highest BCUT2D eigenvalue weighted by Gasteiger charge is 2.58. The maximum absolute atomic E-state index is 15.4. The van der Waals surface area contributed by atoms with Crippen LogP contribution < -0.4 is 15.8 Å². The molecule has 37 heavy (non-hydrogen) atoms. The summed E-state index contributed by atoms with van der Waals surface area (Å²) >= 11 is 0. The molecule has 202 valence electrons. The van der Waals surface area contributed by atoms with Gasteiger partial charge in [0.05, 0.1) is 17.4 Å². The summed E-state index contributed by atoms with van der Waals surface area (Å²) in [6.45, 7) is 4.80. The number of carbonyl (C=O) groups excluding carboxylic acids is 1. The Morgan fingerprint density at radius 2 is 1.89 bits per heavy atom. The Morgan fingerprint density at radius 3 is 2.43 bits per heavy atom. The third-order valence-electron chi connectivity index (χ3n) is 6.93. The lowest BCUT2D eigenvalue weighted by atomic mass is 9.86. The zero-order valence-electron chi connectivity index (χ0n) is 21.0. The average Bonchev–Trinajstić information content (AvgIpc) is 3.50. The van der Waals surface area contributed by atoms with E-state index in [1.165, 1.54) is 17.9 Å². The molecular formula is C25H29F4N3O5. The van der Waals surface area contributed by atoms with Crippen LogP contribution in [0.25, 0.3) is 5.52 Å². The SMILES string of the molecule is Cc1c(N2CCC(CNC(=O)OC(C)(C)C)(C(F)(F)F)C2)c(F)cn2c(=O)c(C(=O)O)cc(C3CC3)c12. The molecule has 1 aliphatic carbocycles. The number of amides is 1. The first-order valence-electron chi connectivity index (χ1n) is 11.9. The molecule has 1 atom stereocenters. The summed E-state index contributed by atoms with van der Waals surface area (Å²) in [5, 5.41) is 11.7. The van der Waals surface area contributed by atoms with Gasteiger partial charge in [-0.05, 0) is 70.1 Å². The molecule has 1 saturated carbocycles. The summed E-state index contributed by atoms with van der Waals surface area (Å²) in [4.78, 5) is 37.7. The molecule has 2 N–H and O–H groups in total. The van der Waals surface area contributed by atoms with Crippen LogP contribution in [0.2, 0.25) is 0 Å². The number of anilines is 1. The molecule has 2 aromatic heterocycles. The average molecular weight is 528 g/mol. The summed E-state index contributed by atoms with van der Waals surface area (Å²) in [7, 11) is 0. The van der Waals surface area contributed by atoms with E-state index in [-0.39, 0.29) is 23.7 Å². The minimum Gasteiger partial charge on any atom is -0.477 e. The smallest absolute Gasteiger partial charge is 0.407 e. The van der Waals surface area contributed by atoms with Crippen molar-refractivity contribution in [3.05, 3.63) is 45.1 Å². The molecule has 1 unspecified atom stereocenters. The summed E-state index contributed by atoms with van der Waals surface area (Å²) in [6.07, 6.45) is -3.70. The normalized spacial score (nSPS) is 20.4. The number of hydrogen-bond donors (Lipinski definition) is 2. The number of nitrogens with one attached hydrogen (secondary N) is 1. The highest BCUT2D eigenvalue weighted by Crippen LogP contribution is 2.48. The van der Waals surface area contributed by atoms with Gasteiger partial charge in [-0.25, -0.2) is 14.0 Å². The monoisotopic (exact) mass is 527 g/mol. The van der Waals surface area contributed by atoms with Gasteiger partial charge in [-0.15, -0.1) is 0 Å². The number of rotatable bonds is 5. The van der Waals surface area contributed by atoms with Crippen molar-refractivity contribution in [3.8, 4) is 0 Å². The van der Waals surface area contributed by atoms with Gasteiger partial charge in [-0.3, -0.25) is 9.20 Å². The molecule has 1 saturated heterocycles. The van der Waals surface area contributed by atoms with E-state index in [2.05, 4.69) is 5.32 Å². The molecule has 0 aromatic carbocycles. The van der Waals surface area contributed by atoms with Crippen molar-refractivity contribution in [2.75, 3.05) is 24.5 Å². The van der Waals surface area contributed by atoms with Crippen LogP contribution in [0.5, 0.6) is 0 Å². The second kappa shape index (κ2) is 8.91. The first kappa shape index (κ1) is 26.7. The van der Waals surface area contributed by atoms with Crippen LogP contribution in [0.4, 0.5) is 28.0 Å². The van der Waals surface area contributed by atoms with E-state index in [1.54, 1.807) is 20.8 Å². The molecule has 4 rings (SSSR count). The molecule has 2 aliphatic rings. The predicted molar refractivity (Wildman–Crippen MR) is 127 cm³/mol. The van der Waals surface area contributed by atoms with Crippen molar-refractivity contribution in [1.82, 2.24) is 9.72 Å². The number of alkyl carbamates (subject to hydrolysis) is 1. The molecule has 1 aliphatic heterocycles. The number of aromatic nitrogens is 1. The van der Waals surface area contributed by atoms with E-state index in [9.17, 15) is 32.7 Å². The number of carbonyl (C=O) groups is 2. The third-order valence-corrected chi connectivity index (χ3v) is 6.93. The number of carboxylic acids is 1. The van der Waals surface area contributed by atoms with E-state index >= 15 is 4.39 Å². The number of pyridine rings is 2. The molecule has 12 heteroatoms. The minimum atomic E-state index is -4.70. The fourth-order valence-electron chi connectivity index (χ4n) is 4.98. The van der Waals surface area contributed by atoms with E-state index < -0.39 is 65.7 Å². The fraction of sp³-hybridized carbons (Fsp3) is 0.560. The van der Waals surface area contributed by atoms with E-state index in [0.717, 1.165) is 23.4 Å². The number of aryl methyl sites for hydroxylation is 1. The zero-order valence-corrected chi connectivity index (χ0v) is 21.0. The summed E-state index contributed by atoms with van der Waals surface area (Å²) < 4.78 is 64.3. The van der Waals surface area contributed by atoms with Crippen LogP contribution in [0.3, 0.4) is 0 Å². The second-order valence-electron chi connectivity index (χ2n) is 10.9. The van der Waals surface area contributed by atoms with Gasteiger partial charge in [0.15, 0.2) is 5.82 Å². The van der Waals surface area contributed by atoms with Crippen molar-refractivity contribution in [3.63, 3.8) is 0 Å². The summed E-state index contributed by atoms with van der Waals surface area (Å²) in [5.74, 6) is -2.39. The van der Waals surface area contributed by atoms with Crippen molar-refractivity contribution < 1.29 is 37.0 Å². The first-order chi connectivity index (χ1) is 17.0. The molecule has 1 amide bonds. The number of nitrogens with zero attached hydrogens (tertiary/aromatic N) is 2. The van der Waals surface area contributed by atoms with Crippen molar-refractivity contribution in [2.45, 2.75) is 64.7 Å². The number of alkyl halides is 3. The molecule has 0 radical (unpaired) electrons. The van der Waals surface area contributed by atoms with E-state index in [1.807, 2.05) is 0 Å². The predicted octanol–water partition coefficient (Wildman–Crippen LogP) is 4.61. The number of ether oxygens (including phenoxy) is 1. The highest BCUT2D eigenvalue weighted by molar-refractivity contribution is 5.89. The van der Waals surface area contributed by atoms with Gasteiger partial charge < -0.3 is 20.1 Å². The van der Waals surface area contributed by atoms with Crippen LogP contribution in [-0.2, 0) is 4.74 Å². The molecule has 0 spiro atoms. The van der Waals surface area contributed by atoms with Crippen LogP contribution in [0.15, 0.2) is 17.1 Å². The Bertz CT molecular complexity index is 1330. The van der Waals surface area contributed by atoms with Gasteiger partial charge in [-0.1, -0.05) is 0 Å². The lowest BCUT2D eigenvalue weighted by Crippen LogP contribution is -2.50. The molecule has 0 bridgehead atoms. The minimum absolute atomic E-state index is 0.0171. The summed E-state index contributed by atoms with van der Waals surface area (Å²) in [5.41, 5.74) is -3.58. The number of fused-ring (bicyclic) bond motifs is 1. The van der Waals surface area contributed by atoms with Crippen LogP contribution in [-0.4, -0.2) is 53.0 Å². The van der Waals surface area contributed by atoms with Crippen LogP contribution in [0, 0.1) is 18.2 Å². The van der Waals surface area contributed by atoms with Crippen molar-refractivity contribution in [2.24, 2.45) is 5.41 Å². The lowest BCUT2D eigenvalue weighted by molar-refractivity contribution is -0.214. The highest BCUT2D eigenvalue weighted by atomic mass is 19.4. The molecule has 8 nitrogen and oxygen atoms in total. The number of halogens is 4. The topological polar surface area (TPSA) is 100 Å². The largest absolute Gasteiger partial charge is 0.477 e. The van der Waals surface area contributed by atoms with Gasteiger partial charge in [0.2, 0.25) is 0 Å². The van der Waals surface area contributed by atoms with Crippen molar-refractivity contribution in [1.29, 1.82) is 0 Å². The maximum Gasteiger partial charge on any atom is 0.407 e. The van der Waals surface area contributed by atoms with E-state index in [0.29, 0.717) is 11.1 Å². The van der Waals surface area contributed by atoms with Gasteiger partial charge in [0.25, 0.3) is 5.56 Å². The van der Waals surface area contributed by atoms with Gasteiger partial charge >= 0.3 is 18.2 Å². The molecule has 3 heterocycles. The standard InChI is InChI=1S/C25H29F4N3O5/c1-13-18-15(14-5-6-14)9-16(21(34)35)20(33)32(18)10-17(26)19(13)31-8-7-24(12-31,25(27,28)29)11-30-22(36)37-23(2,3)4/h9-10,14H,5-8,11-12H2,1-4H3,(H,30,36)(H,34,35). The van der Waals surface area contributed by atoms with Gasteiger partial charge in [-0.2, -0.15) is 13.2 Å². The second-order valence-corrected chi connectivity index (χ2v) is 10.9. The van der Waals surface area contributed by atoms with Gasteiger partial charge in [0, 0.05) is 19.6 Å². The third kappa shape index (κ3) is 4.97. The molecule has 2 aromatic rings. The molecular weight excluding hydrogens is 498 g/mol. The van der Waals surface area contributed by atoms with Crippen LogP contribution >= 0.6 is 0 Å². The Hall–Kier alpha value is -3.31. The Morgan fingerprint density at radius 1 is 1.24 bits per heavy atom. The quantitative estimate of drug-likeness (QED) is 0.551. The first-order valence-corrected chi connectivity index (χ1v) is 11.9. The number of carboxylic acid groups (broad SMARTS) is 1. The van der Waals surface area contributed by atoms with E-state index in [4.69, 9.17) is 4.74 Å². The Kier molecular flexibility index (Phi) is 6.44. The Labute approximate surface area is 210 Å². The number of hydrogen-bond acceptors (Lipinski definition) is 5. The van der Waals surface area contributed by atoms with Gasteiger partial charge in [0.1, 0.15) is 16.6 Å². The summed E-state index contributed by atoms with van der Waals surface area (Å²) in [6, 6.07) is 1.29. The maximum atomic E-state index is 15.4. The lowest BCUT2D eigenvalue weighted by Gasteiger charge is -2.33. The fourth-order valence-corrected chi connectivity index (χ4v) is 4.98. The van der Waals surface area contributed by atoms with Crippen LogP contribution in [0.1, 0.15) is 67.4 Å². The number of aromatic carboxylic acids is 1. The zero-order chi connectivity index (χ0) is 27.5. The Balaban J connectivity index is 1.74. The van der Waals surface area contributed by atoms with Crippen molar-refractivity contribution >= 4 is 23.3 Å².